The second-order valence-corrected chi connectivity index (χ2v) is 9.14. The zero-order valence-corrected chi connectivity index (χ0v) is 18.4. The van der Waals surface area contributed by atoms with Gasteiger partial charge in [0.2, 0.25) is 11.8 Å². The molecule has 0 aromatic heterocycles. The molecule has 0 radical (unpaired) electrons. The van der Waals surface area contributed by atoms with Gasteiger partial charge >= 0.3 is 0 Å². The fourth-order valence-electron chi connectivity index (χ4n) is 4.59. The summed E-state index contributed by atoms with van der Waals surface area (Å²) in [4.78, 5) is 31.4. The van der Waals surface area contributed by atoms with Gasteiger partial charge in [0.05, 0.1) is 19.1 Å². The summed E-state index contributed by atoms with van der Waals surface area (Å²) in [6, 6.07) is 6.04. The number of carbonyl (C=O) groups is 2. The Balaban J connectivity index is 1.38. The van der Waals surface area contributed by atoms with Gasteiger partial charge in [-0.25, -0.2) is 4.39 Å². The molecule has 3 atom stereocenters. The molecule has 2 amide bonds. The van der Waals surface area contributed by atoms with Crippen LogP contribution in [0, 0.1) is 17.7 Å². The van der Waals surface area contributed by atoms with Gasteiger partial charge in [-0.3, -0.25) is 19.4 Å². The highest BCUT2D eigenvalue weighted by Crippen LogP contribution is 2.21. The van der Waals surface area contributed by atoms with E-state index < -0.39 is 0 Å². The van der Waals surface area contributed by atoms with E-state index in [2.05, 4.69) is 29.0 Å². The Bertz CT molecular complexity index is 708. The van der Waals surface area contributed by atoms with Crippen molar-refractivity contribution in [2.45, 2.75) is 33.2 Å². The first-order chi connectivity index (χ1) is 14.3. The van der Waals surface area contributed by atoms with Crippen LogP contribution in [0.15, 0.2) is 24.3 Å². The van der Waals surface area contributed by atoms with Gasteiger partial charge in [0.1, 0.15) is 5.82 Å². The molecule has 2 fully saturated rings. The highest BCUT2D eigenvalue weighted by Gasteiger charge is 2.27. The third kappa shape index (κ3) is 6.51. The van der Waals surface area contributed by atoms with Gasteiger partial charge in [0.15, 0.2) is 0 Å². The predicted octanol–water partition coefficient (Wildman–Crippen LogP) is 2.12. The molecule has 0 saturated carbocycles. The van der Waals surface area contributed by atoms with Crippen LogP contribution >= 0.6 is 0 Å². The topological polar surface area (TPSA) is 55.9 Å². The number of piperidine rings is 1. The molecule has 2 aliphatic rings. The average Bonchev–Trinajstić information content (AvgIpc) is 2.69. The van der Waals surface area contributed by atoms with Crippen molar-refractivity contribution in [1.82, 2.24) is 20.0 Å². The van der Waals surface area contributed by atoms with Crippen molar-refractivity contribution >= 4 is 11.8 Å². The fourth-order valence-corrected chi connectivity index (χ4v) is 4.59. The Kier molecular flexibility index (Phi) is 7.83. The first-order valence-corrected chi connectivity index (χ1v) is 11.1. The number of rotatable bonds is 6. The molecule has 0 unspecified atom stereocenters. The highest BCUT2D eigenvalue weighted by molar-refractivity contribution is 5.79. The summed E-state index contributed by atoms with van der Waals surface area (Å²) in [7, 11) is 0. The van der Waals surface area contributed by atoms with Crippen molar-refractivity contribution in [2.75, 3.05) is 52.4 Å². The van der Waals surface area contributed by atoms with E-state index in [0.29, 0.717) is 24.9 Å². The summed E-state index contributed by atoms with van der Waals surface area (Å²) in [5.41, 5.74) is 0.884. The van der Waals surface area contributed by atoms with E-state index in [0.717, 1.165) is 44.8 Å². The van der Waals surface area contributed by atoms with Crippen molar-refractivity contribution in [3.63, 3.8) is 0 Å². The van der Waals surface area contributed by atoms with E-state index in [-0.39, 0.29) is 23.7 Å². The lowest BCUT2D eigenvalue weighted by Gasteiger charge is -2.38. The second-order valence-electron chi connectivity index (χ2n) is 9.14. The number of benzene rings is 1. The van der Waals surface area contributed by atoms with Crippen molar-refractivity contribution in [2.24, 2.45) is 11.8 Å². The van der Waals surface area contributed by atoms with E-state index in [9.17, 15) is 14.0 Å². The molecule has 1 N–H and O–H groups in total. The Morgan fingerprint density at radius 3 is 2.10 bits per heavy atom. The minimum atomic E-state index is -0.280. The van der Waals surface area contributed by atoms with E-state index in [1.165, 1.54) is 18.6 Å². The monoisotopic (exact) mass is 418 g/mol. The lowest BCUT2D eigenvalue weighted by molar-refractivity contribution is -0.135. The molecular formula is C23H35FN4O2. The molecule has 1 aromatic carbocycles. The maximum atomic E-state index is 13.1. The summed E-state index contributed by atoms with van der Waals surface area (Å²) in [5.74, 6) is 1.06. The molecule has 7 heteroatoms. The summed E-state index contributed by atoms with van der Waals surface area (Å²) >= 11 is 0. The molecule has 30 heavy (non-hydrogen) atoms. The molecule has 1 aromatic rings. The molecule has 2 heterocycles. The lowest BCUT2D eigenvalue weighted by Crippen LogP contribution is -2.53. The summed E-state index contributed by atoms with van der Waals surface area (Å²) in [6.45, 7) is 12.0. The van der Waals surface area contributed by atoms with E-state index >= 15 is 0 Å². The van der Waals surface area contributed by atoms with Gasteiger partial charge in [-0.1, -0.05) is 26.0 Å². The quantitative estimate of drug-likeness (QED) is 0.769. The van der Waals surface area contributed by atoms with E-state index in [1.54, 1.807) is 12.1 Å². The van der Waals surface area contributed by atoms with Crippen LogP contribution in [0.1, 0.15) is 38.8 Å². The predicted molar refractivity (Wildman–Crippen MR) is 115 cm³/mol. The van der Waals surface area contributed by atoms with Crippen LogP contribution in [0.4, 0.5) is 4.39 Å². The number of hydrogen-bond acceptors (Lipinski definition) is 4. The van der Waals surface area contributed by atoms with Crippen molar-refractivity contribution in [3.8, 4) is 0 Å². The van der Waals surface area contributed by atoms with Gasteiger partial charge < -0.3 is 10.2 Å². The maximum absolute atomic E-state index is 13.1. The lowest BCUT2D eigenvalue weighted by atomic mass is 9.92. The Labute approximate surface area is 179 Å². The fraction of sp³-hybridized carbons (Fsp3) is 0.652. The molecule has 0 spiro atoms. The van der Waals surface area contributed by atoms with Gasteiger partial charge in [-0.05, 0) is 42.9 Å². The van der Waals surface area contributed by atoms with Crippen LogP contribution in [-0.2, 0) is 9.59 Å². The minimum absolute atomic E-state index is 0.0346. The largest absolute Gasteiger partial charge is 0.348 e. The van der Waals surface area contributed by atoms with Crippen LogP contribution in [0.2, 0.25) is 0 Å². The molecule has 0 bridgehead atoms. The van der Waals surface area contributed by atoms with Gasteiger partial charge in [-0.2, -0.15) is 0 Å². The molecule has 2 saturated heterocycles. The Morgan fingerprint density at radius 2 is 1.53 bits per heavy atom. The zero-order valence-electron chi connectivity index (χ0n) is 18.4. The molecule has 2 aliphatic heterocycles. The standard InChI is InChI=1S/C23H35FN4O2/c1-17-12-18(2)14-28(13-17)23(30)16-27-10-8-26(9-11-27)15-22(29)25-19(3)20-4-6-21(24)7-5-20/h4-7,17-19H,8-16H2,1-3H3,(H,25,29)/t17-,18+,19-/m0/s1. The molecule has 6 nitrogen and oxygen atoms in total. The smallest absolute Gasteiger partial charge is 0.236 e. The molecule has 0 aliphatic carbocycles. The normalized spacial score (nSPS) is 24.5. The first kappa shape index (κ1) is 22.7. The molecular weight excluding hydrogens is 383 g/mol. The Hall–Kier alpha value is -1.99. The number of likely N-dealkylation sites (tertiary alicyclic amines) is 1. The third-order valence-corrected chi connectivity index (χ3v) is 6.16. The molecule has 3 rings (SSSR count). The number of piperazine rings is 1. The van der Waals surface area contributed by atoms with Gasteiger partial charge in [-0.15, -0.1) is 0 Å². The van der Waals surface area contributed by atoms with Gasteiger partial charge in [0, 0.05) is 39.3 Å². The first-order valence-electron chi connectivity index (χ1n) is 11.1. The van der Waals surface area contributed by atoms with E-state index in [1.807, 2.05) is 11.8 Å². The number of nitrogens with zero attached hydrogens (tertiary/aromatic N) is 3. The van der Waals surface area contributed by atoms with Crippen LogP contribution < -0.4 is 5.32 Å². The van der Waals surface area contributed by atoms with E-state index in [4.69, 9.17) is 0 Å². The van der Waals surface area contributed by atoms with Crippen molar-refractivity contribution in [1.29, 1.82) is 0 Å². The maximum Gasteiger partial charge on any atom is 0.236 e. The zero-order chi connectivity index (χ0) is 21.7. The minimum Gasteiger partial charge on any atom is -0.348 e. The van der Waals surface area contributed by atoms with Crippen molar-refractivity contribution in [3.05, 3.63) is 35.6 Å². The summed E-state index contributed by atoms with van der Waals surface area (Å²) < 4.78 is 13.1. The van der Waals surface area contributed by atoms with Crippen molar-refractivity contribution < 1.29 is 14.0 Å². The highest BCUT2D eigenvalue weighted by atomic mass is 19.1. The summed E-state index contributed by atoms with van der Waals surface area (Å²) in [6.07, 6.45) is 1.20. The third-order valence-electron chi connectivity index (χ3n) is 6.16. The van der Waals surface area contributed by atoms with Gasteiger partial charge in [0.25, 0.3) is 0 Å². The van der Waals surface area contributed by atoms with Crippen LogP contribution in [0.5, 0.6) is 0 Å². The Morgan fingerprint density at radius 1 is 1.00 bits per heavy atom. The summed E-state index contributed by atoms with van der Waals surface area (Å²) in [5, 5.41) is 2.98. The SMILES string of the molecule is C[C@@H]1C[C@H](C)CN(C(=O)CN2CCN(CC(=O)N[C@@H](C)c3ccc(F)cc3)CC2)C1. The van der Waals surface area contributed by atoms with Crippen LogP contribution in [0.3, 0.4) is 0 Å². The number of nitrogens with one attached hydrogen (secondary N) is 1. The van der Waals surface area contributed by atoms with Crippen LogP contribution in [0.25, 0.3) is 0 Å². The average molecular weight is 419 g/mol. The second kappa shape index (κ2) is 10.4. The molecule has 166 valence electrons. The number of carbonyl (C=O) groups excluding carboxylic acids is 2. The number of halogens is 1. The number of amides is 2. The number of hydrogen-bond donors (Lipinski definition) is 1. The van der Waals surface area contributed by atoms with Crippen LogP contribution in [-0.4, -0.2) is 78.9 Å².